The second-order valence-corrected chi connectivity index (χ2v) is 4.04. The van der Waals surface area contributed by atoms with Crippen molar-refractivity contribution in [2.24, 2.45) is 5.92 Å². The molecular formula is C10H15N3O2. The molecule has 0 saturated carbocycles. The largest absolute Gasteiger partial charge is 0.476 e. The lowest BCUT2D eigenvalue weighted by Gasteiger charge is -2.05. The Bertz CT molecular complexity index is 349. The minimum Gasteiger partial charge on any atom is -0.476 e. The van der Waals surface area contributed by atoms with Gasteiger partial charge < -0.3 is 10.1 Å². The standard InChI is InChI=1S/C10H15N3O2/c1-7(2)6-11-10(14)8-5-9-13(12-8)3-4-15-9/h5,7H,3-4,6H2,1-2H3,(H,11,14). The van der Waals surface area contributed by atoms with Crippen LogP contribution in [0.1, 0.15) is 24.3 Å². The Morgan fingerprint density at radius 2 is 2.53 bits per heavy atom. The molecule has 2 rings (SSSR count). The number of hydrogen-bond donors (Lipinski definition) is 1. The van der Waals surface area contributed by atoms with Crippen molar-refractivity contribution in [3.63, 3.8) is 0 Å². The van der Waals surface area contributed by atoms with E-state index in [0.717, 1.165) is 6.54 Å². The highest BCUT2D eigenvalue weighted by molar-refractivity contribution is 5.92. The van der Waals surface area contributed by atoms with Gasteiger partial charge in [-0.15, -0.1) is 0 Å². The van der Waals surface area contributed by atoms with Crippen LogP contribution in [0.4, 0.5) is 0 Å². The van der Waals surface area contributed by atoms with Gasteiger partial charge in [0, 0.05) is 12.6 Å². The van der Waals surface area contributed by atoms with E-state index < -0.39 is 0 Å². The first-order valence-electron chi connectivity index (χ1n) is 5.15. The lowest BCUT2D eigenvalue weighted by atomic mass is 10.2. The van der Waals surface area contributed by atoms with Crippen molar-refractivity contribution >= 4 is 5.91 Å². The molecule has 1 aliphatic rings. The highest BCUT2D eigenvalue weighted by Crippen LogP contribution is 2.18. The van der Waals surface area contributed by atoms with Crippen LogP contribution in [0.2, 0.25) is 0 Å². The van der Waals surface area contributed by atoms with Gasteiger partial charge in [-0.05, 0) is 5.92 Å². The van der Waals surface area contributed by atoms with Crippen molar-refractivity contribution < 1.29 is 9.53 Å². The molecule has 0 aromatic carbocycles. The summed E-state index contributed by atoms with van der Waals surface area (Å²) in [5.74, 6) is 0.999. The third-order valence-corrected chi connectivity index (χ3v) is 2.20. The zero-order valence-corrected chi connectivity index (χ0v) is 8.99. The molecule has 0 aliphatic carbocycles. The summed E-state index contributed by atoms with van der Waals surface area (Å²) in [7, 11) is 0. The Kier molecular flexibility index (Phi) is 2.62. The van der Waals surface area contributed by atoms with Crippen LogP contribution in [0.25, 0.3) is 0 Å². The predicted octanol–water partition coefficient (Wildman–Crippen LogP) is 0.661. The number of nitrogens with one attached hydrogen (secondary N) is 1. The number of carbonyl (C=O) groups excluding carboxylic acids is 1. The van der Waals surface area contributed by atoms with Gasteiger partial charge in [0.1, 0.15) is 6.61 Å². The number of ether oxygens (including phenoxy) is 1. The summed E-state index contributed by atoms with van der Waals surface area (Å²) in [5.41, 5.74) is 0.436. The van der Waals surface area contributed by atoms with Crippen LogP contribution in [0.3, 0.4) is 0 Å². The van der Waals surface area contributed by atoms with E-state index in [-0.39, 0.29) is 5.91 Å². The number of aromatic nitrogens is 2. The van der Waals surface area contributed by atoms with Gasteiger partial charge in [-0.25, -0.2) is 4.68 Å². The fourth-order valence-corrected chi connectivity index (χ4v) is 1.41. The summed E-state index contributed by atoms with van der Waals surface area (Å²) in [5, 5.41) is 6.97. The lowest BCUT2D eigenvalue weighted by molar-refractivity contribution is 0.0943. The molecule has 0 unspecified atom stereocenters. The fraction of sp³-hybridized carbons (Fsp3) is 0.600. The normalized spacial score (nSPS) is 13.8. The molecule has 0 atom stereocenters. The molecule has 0 bridgehead atoms. The first-order chi connectivity index (χ1) is 7.16. The number of carbonyl (C=O) groups is 1. The van der Waals surface area contributed by atoms with E-state index >= 15 is 0 Å². The van der Waals surface area contributed by atoms with Crippen LogP contribution >= 0.6 is 0 Å². The second-order valence-electron chi connectivity index (χ2n) is 4.04. The van der Waals surface area contributed by atoms with Crippen molar-refractivity contribution in [1.29, 1.82) is 0 Å². The maximum absolute atomic E-state index is 11.6. The summed E-state index contributed by atoms with van der Waals surface area (Å²) in [6.07, 6.45) is 0. The van der Waals surface area contributed by atoms with Crippen molar-refractivity contribution in [3.8, 4) is 5.88 Å². The van der Waals surface area contributed by atoms with E-state index in [1.807, 2.05) is 0 Å². The molecule has 5 nitrogen and oxygen atoms in total. The molecule has 82 valence electrons. The summed E-state index contributed by atoms with van der Waals surface area (Å²) >= 11 is 0. The zero-order valence-electron chi connectivity index (χ0n) is 8.99. The van der Waals surface area contributed by atoms with Gasteiger partial charge in [-0.3, -0.25) is 4.79 Å². The molecule has 1 aromatic rings. The molecule has 0 fully saturated rings. The SMILES string of the molecule is CC(C)CNC(=O)c1cc2n(n1)CCO2. The van der Waals surface area contributed by atoms with E-state index in [4.69, 9.17) is 4.74 Å². The van der Waals surface area contributed by atoms with E-state index in [1.165, 1.54) is 0 Å². The van der Waals surface area contributed by atoms with E-state index in [2.05, 4.69) is 24.3 Å². The zero-order chi connectivity index (χ0) is 10.8. The van der Waals surface area contributed by atoms with Gasteiger partial charge in [-0.2, -0.15) is 5.10 Å². The van der Waals surface area contributed by atoms with Gasteiger partial charge in [0.25, 0.3) is 5.91 Å². The number of amides is 1. The first-order valence-corrected chi connectivity index (χ1v) is 5.15. The van der Waals surface area contributed by atoms with Gasteiger partial charge in [0.2, 0.25) is 5.88 Å². The molecule has 5 heteroatoms. The number of rotatable bonds is 3. The molecule has 1 aliphatic heterocycles. The van der Waals surface area contributed by atoms with Crippen molar-refractivity contribution in [1.82, 2.24) is 15.1 Å². The molecule has 0 saturated heterocycles. The van der Waals surface area contributed by atoms with E-state index in [0.29, 0.717) is 30.6 Å². The van der Waals surface area contributed by atoms with E-state index in [9.17, 15) is 4.79 Å². The molecule has 1 N–H and O–H groups in total. The maximum Gasteiger partial charge on any atom is 0.271 e. The van der Waals surface area contributed by atoms with Crippen molar-refractivity contribution in [3.05, 3.63) is 11.8 Å². The Hall–Kier alpha value is -1.52. The molecule has 2 heterocycles. The molecule has 1 aromatic heterocycles. The lowest BCUT2D eigenvalue weighted by Crippen LogP contribution is -2.27. The smallest absolute Gasteiger partial charge is 0.271 e. The average Bonchev–Trinajstić information content (AvgIpc) is 2.72. The number of fused-ring (bicyclic) bond motifs is 1. The van der Waals surface area contributed by atoms with E-state index in [1.54, 1.807) is 10.7 Å². The van der Waals surface area contributed by atoms with Crippen LogP contribution in [0.5, 0.6) is 5.88 Å². The number of hydrogen-bond acceptors (Lipinski definition) is 3. The van der Waals surface area contributed by atoms with Crippen LogP contribution in [-0.4, -0.2) is 28.8 Å². The topological polar surface area (TPSA) is 56.2 Å². The third kappa shape index (κ3) is 2.11. The predicted molar refractivity (Wildman–Crippen MR) is 54.9 cm³/mol. The van der Waals surface area contributed by atoms with Crippen molar-refractivity contribution in [2.75, 3.05) is 13.2 Å². The molecule has 0 spiro atoms. The first kappa shape index (κ1) is 10.0. The highest BCUT2D eigenvalue weighted by atomic mass is 16.5. The molecular weight excluding hydrogens is 194 g/mol. The van der Waals surface area contributed by atoms with Gasteiger partial charge in [0.05, 0.1) is 6.54 Å². The maximum atomic E-state index is 11.6. The Morgan fingerprint density at radius 3 is 3.20 bits per heavy atom. The third-order valence-electron chi connectivity index (χ3n) is 2.20. The van der Waals surface area contributed by atoms with Gasteiger partial charge in [0.15, 0.2) is 5.69 Å². The summed E-state index contributed by atoms with van der Waals surface area (Å²) in [4.78, 5) is 11.6. The van der Waals surface area contributed by atoms with Gasteiger partial charge >= 0.3 is 0 Å². The molecule has 1 amide bonds. The summed E-state index contributed by atoms with van der Waals surface area (Å²) in [6, 6.07) is 1.68. The molecule has 15 heavy (non-hydrogen) atoms. The second kappa shape index (κ2) is 3.92. The van der Waals surface area contributed by atoms with Crippen LogP contribution < -0.4 is 10.1 Å². The number of nitrogens with zero attached hydrogens (tertiary/aromatic N) is 2. The van der Waals surface area contributed by atoms with Crippen LogP contribution in [0, 0.1) is 5.92 Å². The summed E-state index contributed by atoms with van der Waals surface area (Å²) < 4.78 is 6.99. The van der Waals surface area contributed by atoms with Crippen LogP contribution in [-0.2, 0) is 6.54 Å². The Morgan fingerprint density at radius 1 is 1.73 bits per heavy atom. The average molecular weight is 209 g/mol. The monoisotopic (exact) mass is 209 g/mol. The Labute approximate surface area is 88.4 Å². The minimum absolute atomic E-state index is 0.130. The minimum atomic E-state index is -0.130. The van der Waals surface area contributed by atoms with Crippen LogP contribution in [0.15, 0.2) is 6.07 Å². The summed E-state index contributed by atoms with van der Waals surface area (Å²) in [6.45, 7) is 6.15. The molecule has 0 radical (unpaired) electrons. The van der Waals surface area contributed by atoms with Gasteiger partial charge in [-0.1, -0.05) is 13.8 Å². The highest BCUT2D eigenvalue weighted by Gasteiger charge is 2.18. The quantitative estimate of drug-likeness (QED) is 0.795. The van der Waals surface area contributed by atoms with Crippen molar-refractivity contribution in [2.45, 2.75) is 20.4 Å². The Balaban J connectivity index is 2.00. The fourth-order valence-electron chi connectivity index (χ4n) is 1.41.